The zero-order valence-corrected chi connectivity index (χ0v) is 14.7. The van der Waals surface area contributed by atoms with E-state index in [-0.39, 0.29) is 6.04 Å². The highest BCUT2D eigenvalue weighted by molar-refractivity contribution is 5.58. The Morgan fingerprint density at radius 1 is 1.08 bits per heavy atom. The second kappa shape index (κ2) is 6.98. The second-order valence-corrected chi connectivity index (χ2v) is 6.84. The molecular formula is C19H25N5O. The molecule has 2 fully saturated rings. The van der Waals surface area contributed by atoms with Gasteiger partial charge in [0.15, 0.2) is 0 Å². The summed E-state index contributed by atoms with van der Waals surface area (Å²) in [6.07, 6.45) is 3.21. The van der Waals surface area contributed by atoms with Crippen molar-refractivity contribution in [1.82, 2.24) is 19.8 Å². The minimum atomic E-state index is 0.0728. The topological polar surface area (TPSA) is 44.6 Å². The number of benzene rings is 1. The third-order valence-corrected chi connectivity index (χ3v) is 5.18. The van der Waals surface area contributed by atoms with E-state index in [4.69, 9.17) is 0 Å². The summed E-state index contributed by atoms with van der Waals surface area (Å²) in [7, 11) is 0. The molecule has 0 saturated carbocycles. The number of aldehydes is 1. The molecule has 0 aliphatic carbocycles. The van der Waals surface area contributed by atoms with Gasteiger partial charge in [-0.3, -0.25) is 0 Å². The van der Waals surface area contributed by atoms with Crippen molar-refractivity contribution in [1.29, 1.82) is 0 Å². The van der Waals surface area contributed by atoms with Crippen LogP contribution in [0.4, 0.5) is 5.82 Å². The van der Waals surface area contributed by atoms with Crippen molar-refractivity contribution in [3.63, 3.8) is 0 Å². The number of hydrazine groups is 1. The maximum absolute atomic E-state index is 11.3. The van der Waals surface area contributed by atoms with E-state index in [0.717, 1.165) is 69.1 Å². The first kappa shape index (κ1) is 16.3. The maximum Gasteiger partial charge on any atom is 0.138 e. The molecule has 6 nitrogen and oxygen atoms in total. The summed E-state index contributed by atoms with van der Waals surface area (Å²) in [6, 6.07) is 12.5. The lowest BCUT2D eigenvalue weighted by atomic mass is 10.2. The van der Waals surface area contributed by atoms with Gasteiger partial charge in [0.1, 0.15) is 12.1 Å². The van der Waals surface area contributed by atoms with E-state index >= 15 is 0 Å². The number of carbonyl (C=O) groups excluding carboxylic acids is 1. The fraction of sp³-hybridized carbons (Fsp3) is 0.474. The number of aromatic nitrogens is 2. The van der Waals surface area contributed by atoms with Crippen LogP contribution in [0.1, 0.15) is 18.5 Å². The third-order valence-electron chi connectivity index (χ3n) is 5.18. The van der Waals surface area contributed by atoms with Crippen LogP contribution in [0.15, 0.2) is 36.4 Å². The number of rotatable bonds is 4. The Morgan fingerprint density at radius 3 is 2.56 bits per heavy atom. The highest BCUT2D eigenvalue weighted by Gasteiger charge is 2.31. The van der Waals surface area contributed by atoms with Crippen molar-refractivity contribution in [2.75, 3.05) is 37.6 Å². The van der Waals surface area contributed by atoms with E-state index in [0.29, 0.717) is 0 Å². The molecule has 2 aliphatic heterocycles. The summed E-state index contributed by atoms with van der Waals surface area (Å²) in [6.45, 7) is 6.83. The standard InChI is InChI=1S/C19H25N5O/c1-16-14-19(24(20-16)17-6-3-2-4-7-17)21-10-12-22(13-11-21)23-9-5-8-18(23)15-25/h2-4,6-7,14-15,18H,5,8-13H2,1H3/t18-/m0/s1. The Balaban J connectivity index is 1.49. The van der Waals surface area contributed by atoms with Crippen molar-refractivity contribution in [3.05, 3.63) is 42.1 Å². The molecule has 0 bridgehead atoms. The SMILES string of the molecule is Cc1cc(N2CCN(N3CCC[C@H]3C=O)CC2)n(-c2ccccc2)n1. The van der Waals surface area contributed by atoms with Gasteiger partial charge in [0, 0.05) is 38.8 Å². The van der Waals surface area contributed by atoms with Crippen LogP contribution >= 0.6 is 0 Å². The Hall–Kier alpha value is -2.18. The Bertz CT molecular complexity index is 721. The number of para-hydroxylation sites is 1. The Labute approximate surface area is 148 Å². The largest absolute Gasteiger partial charge is 0.354 e. The predicted molar refractivity (Wildman–Crippen MR) is 97.9 cm³/mol. The van der Waals surface area contributed by atoms with Gasteiger partial charge in [-0.15, -0.1) is 0 Å². The average Bonchev–Trinajstić information content (AvgIpc) is 3.29. The van der Waals surface area contributed by atoms with Crippen molar-refractivity contribution in [3.8, 4) is 5.69 Å². The van der Waals surface area contributed by atoms with Crippen LogP contribution in [0.3, 0.4) is 0 Å². The van der Waals surface area contributed by atoms with Crippen molar-refractivity contribution < 1.29 is 4.79 Å². The molecule has 1 aromatic heterocycles. The van der Waals surface area contributed by atoms with Gasteiger partial charge >= 0.3 is 0 Å². The zero-order chi connectivity index (χ0) is 17.2. The molecule has 0 radical (unpaired) electrons. The molecule has 2 aromatic rings. The van der Waals surface area contributed by atoms with Gasteiger partial charge < -0.3 is 9.69 Å². The minimum absolute atomic E-state index is 0.0728. The fourth-order valence-corrected chi connectivity index (χ4v) is 3.92. The van der Waals surface area contributed by atoms with Crippen molar-refractivity contribution in [2.45, 2.75) is 25.8 Å². The van der Waals surface area contributed by atoms with Gasteiger partial charge in [-0.25, -0.2) is 14.7 Å². The van der Waals surface area contributed by atoms with Gasteiger partial charge in [0.2, 0.25) is 0 Å². The van der Waals surface area contributed by atoms with E-state index in [1.165, 1.54) is 0 Å². The van der Waals surface area contributed by atoms with Crippen LogP contribution in [-0.2, 0) is 4.79 Å². The molecule has 4 rings (SSSR count). The average molecular weight is 339 g/mol. The molecule has 0 unspecified atom stereocenters. The fourth-order valence-electron chi connectivity index (χ4n) is 3.92. The molecular weight excluding hydrogens is 314 g/mol. The highest BCUT2D eigenvalue weighted by Crippen LogP contribution is 2.24. The normalized spacial score (nSPS) is 22.4. The Kier molecular flexibility index (Phi) is 4.55. The van der Waals surface area contributed by atoms with Crippen LogP contribution in [0, 0.1) is 6.92 Å². The van der Waals surface area contributed by atoms with Crippen LogP contribution < -0.4 is 4.90 Å². The molecule has 1 aromatic carbocycles. The molecule has 25 heavy (non-hydrogen) atoms. The summed E-state index contributed by atoms with van der Waals surface area (Å²) >= 11 is 0. The van der Waals surface area contributed by atoms with Gasteiger partial charge in [0.05, 0.1) is 17.4 Å². The molecule has 1 atom stereocenters. The quantitative estimate of drug-likeness (QED) is 0.796. The van der Waals surface area contributed by atoms with Crippen molar-refractivity contribution in [2.24, 2.45) is 0 Å². The van der Waals surface area contributed by atoms with Crippen LogP contribution in [-0.4, -0.2) is 64.9 Å². The number of nitrogens with zero attached hydrogens (tertiary/aromatic N) is 5. The number of carbonyl (C=O) groups is 1. The first-order chi connectivity index (χ1) is 12.3. The minimum Gasteiger partial charge on any atom is -0.354 e. The summed E-state index contributed by atoms with van der Waals surface area (Å²) < 4.78 is 2.04. The van der Waals surface area contributed by atoms with E-state index in [1.54, 1.807) is 0 Å². The lowest BCUT2D eigenvalue weighted by Crippen LogP contribution is -2.55. The number of hydrogen-bond acceptors (Lipinski definition) is 5. The molecule has 2 aliphatic rings. The maximum atomic E-state index is 11.3. The van der Waals surface area contributed by atoms with E-state index in [1.807, 2.05) is 29.8 Å². The third kappa shape index (κ3) is 3.19. The monoisotopic (exact) mass is 339 g/mol. The molecule has 132 valence electrons. The predicted octanol–water partition coefficient (Wildman–Crippen LogP) is 1.88. The zero-order valence-electron chi connectivity index (χ0n) is 14.7. The summed E-state index contributed by atoms with van der Waals surface area (Å²) in [4.78, 5) is 13.7. The first-order valence-electron chi connectivity index (χ1n) is 9.10. The number of hydrogen-bond donors (Lipinski definition) is 0. The highest BCUT2D eigenvalue weighted by atomic mass is 16.1. The number of anilines is 1. The second-order valence-electron chi connectivity index (χ2n) is 6.84. The van der Waals surface area contributed by atoms with Gasteiger partial charge in [0.25, 0.3) is 0 Å². The van der Waals surface area contributed by atoms with Crippen LogP contribution in [0.5, 0.6) is 0 Å². The molecule has 3 heterocycles. The number of piperazine rings is 1. The smallest absolute Gasteiger partial charge is 0.138 e. The molecule has 0 amide bonds. The molecule has 6 heteroatoms. The molecule has 0 N–H and O–H groups in total. The summed E-state index contributed by atoms with van der Waals surface area (Å²) in [5, 5.41) is 9.31. The lowest BCUT2D eigenvalue weighted by Gasteiger charge is -2.41. The first-order valence-corrected chi connectivity index (χ1v) is 9.10. The number of aryl methyl sites for hydroxylation is 1. The van der Waals surface area contributed by atoms with Gasteiger partial charge in [-0.1, -0.05) is 18.2 Å². The van der Waals surface area contributed by atoms with E-state index in [9.17, 15) is 4.79 Å². The van der Waals surface area contributed by atoms with E-state index in [2.05, 4.69) is 38.2 Å². The lowest BCUT2D eigenvalue weighted by molar-refractivity contribution is -0.119. The van der Waals surface area contributed by atoms with Gasteiger partial charge in [-0.2, -0.15) is 5.10 Å². The molecule has 2 saturated heterocycles. The van der Waals surface area contributed by atoms with Crippen LogP contribution in [0.25, 0.3) is 5.69 Å². The molecule has 0 spiro atoms. The Morgan fingerprint density at radius 2 is 1.84 bits per heavy atom. The summed E-state index contributed by atoms with van der Waals surface area (Å²) in [5.41, 5.74) is 2.12. The van der Waals surface area contributed by atoms with E-state index < -0.39 is 0 Å². The summed E-state index contributed by atoms with van der Waals surface area (Å²) in [5.74, 6) is 1.15. The van der Waals surface area contributed by atoms with Gasteiger partial charge in [-0.05, 0) is 31.9 Å². The van der Waals surface area contributed by atoms with Crippen LogP contribution in [0.2, 0.25) is 0 Å². The van der Waals surface area contributed by atoms with Crippen molar-refractivity contribution >= 4 is 12.1 Å².